The first-order chi connectivity index (χ1) is 8.20. The van der Waals surface area contributed by atoms with Gasteiger partial charge < -0.3 is 10.2 Å². The molecule has 1 aliphatic rings. The Morgan fingerprint density at radius 1 is 1.53 bits per heavy atom. The molecule has 6 heteroatoms. The molecule has 1 aliphatic heterocycles. The number of anilines is 1. The van der Waals surface area contributed by atoms with Gasteiger partial charge in [-0.3, -0.25) is 0 Å². The summed E-state index contributed by atoms with van der Waals surface area (Å²) in [6.45, 7) is 2.12. The molecule has 0 bridgehead atoms. The summed E-state index contributed by atoms with van der Waals surface area (Å²) in [4.78, 5) is 10.8. The standard InChI is InChI=1S/C11H17ClN4S/c1-16(8-4-3-5-13-7-8)10-6-9(12)14-11(15-10)17-2/h6,8,13H,3-5,7H2,1-2H3. The number of halogens is 1. The van der Waals surface area contributed by atoms with Gasteiger partial charge in [-0.1, -0.05) is 23.4 Å². The lowest BCUT2D eigenvalue weighted by atomic mass is 10.1. The van der Waals surface area contributed by atoms with Crippen molar-refractivity contribution in [3.63, 3.8) is 0 Å². The molecule has 1 aromatic heterocycles. The predicted octanol–water partition coefficient (Wildman–Crippen LogP) is 2.04. The maximum Gasteiger partial charge on any atom is 0.190 e. The van der Waals surface area contributed by atoms with Crippen LogP contribution in [0.15, 0.2) is 11.2 Å². The minimum atomic E-state index is 0.490. The Morgan fingerprint density at radius 3 is 3.00 bits per heavy atom. The van der Waals surface area contributed by atoms with Crippen LogP contribution >= 0.6 is 23.4 Å². The second-order valence-electron chi connectivity index (χ2n) is 4.15. The number of aromatic nitrogens is 2. The van der Waals surface area contributed by atoms with Crippen LogP contribution in [0, 0.1) is 0 Å². The lowest BCUT2D eigenvalue weighted by molar-refractivity contribution is 0.442. The quantitative estimate of drug-likeness (QED) is 0.518. The van der Waals surface area contributed by atoms with Gasteiger partial charge in [0.1, 0.15) is 11.0 Å². The van der Waals surface area contributed by atoms with E-state index in [-0.39, 0.29) is 0 Å². The molecule has 0 aromatic carbocycles. The number of piperidine rings is 1. The van der Waals surface area contributed by atoms with Crippen LogP contribution in [-0.4, -0.2) is 42.4 Å². The minimum Gasteiger partial charge on any atom is -0.355 e. The second kappa shape index (κ2) is 5.89. The third-order valence-electron chi connectivity index (χ3n) is 3.02. The fourth-order valence-electron chi connectivity index (χ4n) is 2.01. The summed E-state index contributed by atoms with van der Waals surface area (Å²) in [6, 6.07) is 2.32. The van der Waals surface area contributed by atoms with E-state index in [9.17, 15) is 0 Å². The number of thioether (sulfide) groups is 1. The van der Waals surface area contributed by atoms with Crippen molar-refractivity contribution in [2.24, 2.45) is 0 Å². The van der Waals surface area contributed by atoms with Crippen LogP contribution in [-0.2, 0) is 0 Å². The van der Waals surface area contributed by atoms with E-state index in [0.717, 1.165) is 24.1 Å². The van der Waals surface area contributed by atoms with Crippen molar-refractivity contribution in [1.82, 2.24) is 15.3 Å². The smallest absolute Gasteiger partial charge is 0.190 e. The predicted molar refractivity (Wildman–Crippen MR) is 73.1 cm³/mol. The van der Waals surface area contributed by atoms with Gasteiger partial charge in [-0.05, 0) is 25.6 Å². The molecule has 2 heterocycles. The van der Waals surface area contributed by atoms with Crippen molar-refractivity contribution < 1.29 is 0 Å². The van der Waals surface area contributed by atoms with E-state index in [1.807, 2.05) is 12.3 Å². The van der Waals surface area contributed by atoms with E-state index >= 15 is 0 Å². The maximum absolute atomic E-state index is 6.01. The van der Waals surface area contributed by atoms with Crippen LogP contribution in [0.5, 0.6) is 0 Å². The summed E-state index contributed by atoms with van der Waals surface area (Å²) >= 11 is 7.52. The lowest BCUT2D eigenvalue weighted by Crippen LogP contribution is -2.44. The van der Waals surface area contributed by atoms with E-state index in [0.29, 0.717) is 11.2 Å². The normalized spacial score (nSPS) is 20.3. The molecular weight excluding hydrogens is 256 g/mol. The van der Waals surface area contributed by atoms with E-state index in [2.05, 4.69) is 27.2 Å². The summed E-state index contributed by atoms with van der Waals surface area (Å²) in [5.74, 6) is 0.906. The van der Waals surface area contributed by atoms with Crippen LogP contribution < -0.4 is 10.2 Å². The molecule has 0 aliphatic carbocycles. The van der Waals surface area contributed by atoms with Crippen molar-refractivity contribution >= 4 is 29.2 Å². The molecule has 2 rings (SSSR count). The molecule has 0 spiro atoms. The van der Waals surface area contributed by atoms with Crippen molar-refractivity contribution in [2.45, 2.75) is 24.0 Å². The summed E-state index contributed by atoms with van der Waals surface area (Å²) in [6.07, 6.45) is 4.36. The maximum atomic E-state index is 6.01. The molecule has 1 saturated heterocycles. The van der Waals surface area contributed by atoms with Gasteiger partial charge >= 0.3 is 0 Å². The van der Waals surface area contributed by atoms with Crippen LogP contribution in [0.3, 0.4) is 0 Å². The zero-order valence-corrected chi connectivity index (χ0v) is 11.7. The Kier molecular flexibility index (Phi) is 4.48. The highest BCUT2D eigenvalue weighted by Crippen LogP contribution is 2.22. The topological polar surface area (TPSA) is 41.1 Å². The van der Waals surface area contributed by atoms with Crippen LogP contribution in [0.1, 0.15) is 12.8 Å². The second-order valence-corrected chi connectivity index (χ2v) is 5.31. The number of rotatable bonds is 3. The van der Waals surface area contributed by atoms with Gasteiger partial charge in [0, 0.05) is 25.7 Å². The summed E-state index contributed by atoms with van der Waals surface area (Å²) in [5, 5.41) is 4.64. The molecule has 1 unspecified atom stereocenters. The Bertz CT molecular complexity index is 382. The molecule has 94 valence electrons. The third-order valence-corrected chi connectivity index (χ3v) is 3.76. The Morgan fingerprint density at radius 2 is 2.35 bits per heavy atom. The van der Waals surface area contributed by atoms with Crippen molar-refractivity contribution in [3.05, 3.63) is 11.2 Å². The highest BCUT2D eigenvalue weighted by atomic mass is 35.5. The fourth-order valence-corrected chi connectivity index (χ4v) is 2.61. The van der Waals surface area contributed by atoms with E-state index in [1.54, 1.807) is 0 Å². The van der Waals surface area contributed by atoms with Crippen LogP contribution in [0.4, 0.5) is 5.82 Å². The zero-order valence-electron chi connectivity index (χ0n) is 10.1. The highest BCUT2D eigenvalue weighted by molar-refractivity contribution is 7.98. The monoisotopic (exact) mass is 272 g/mol. The number of nitrogens with zero attached hydrogens (tertiary/aromatic N) is 3. The summed E-state index contributed by atoms with van der Waals surface area (Å²) in [7, 11) is 2.07. The Hall–Kier alpha value is -0.520. The Balaban J connectivity index is 2.17. The first-order valence-corrected chi connectivity index (χ1v) is 7.33. The molecule has 1 fully saturated rings. The molecule has 1 N–H and O–H groups in total. The highest BCUT2D eigenvalue weighted by Gasteiger charge is 2.19. The van der Waals surface area contributed by atoms with Crippen molar-refractivity contribution in [3.8, 4) is 0 Å². The van der Waals surface area contributed by atoms with Crippen LogP contribution in [0.25, 0.3) is 0 Å². The van der Waals surface area contributed by atoms with Gasteiger partial charge in [0.2, 0.25) is 0 Å². The fraction of sp³-hybridized carbons (Fsp3) is 0.636. The molecule has 4 nitrogen and oxygen atoms in total. The first kappa shape index (κ1) is 12.9. The van der Waals surface area contributed by atoms with Crippen molar-refractivity contribution in [2.75, 3.05) is 31.3 Å². The molecule has 1 aromatic rings. The number of hydrogen-bond acceptors (Lipinski definition) is 5. The molecule has 17 heavy (non-hydrogen) atoms. The van der Waals surface area contributed by atoms with E-state index in [1.165, 1.54) is 24.6 Å². The minimum absolute atomic E-state index is 0.490. The zero-order chi connectivity index (χ0) is 12.3. The van der Waals surface area contributed by atoms with Gasteiger partial charge in [-0.2, -0.15) is 0 Å². The van der Waals surface area contributed by atoms with Crippen molar-refractivity contribution in [1.29, 1.82) is 0 Å². The van der Waals surface area contributed by atoms with E-state index < -0.39 is 0 Å². The third kappa shape index (κ3) is 3.24. The van der Waals surface area contributed by atoms with Gasteiger partial charge in [-0.25, -0.2) is 9.97 Å². The molecule has 0 amide bonds. The van der Waals surface area contributed by atoms with Crippen LogP contribution in [0.2, 0.25) is 5.15 Å². The van der Waals surface area contributed by atoms with E-state index in [4.69, 9.17) is 11.6 Å². The molecule has 1 atom stereocenters. The first-order valence-electron chi connectivity index (χ1n) is 5.73. The largest absolute Gasteiger partial charge is 0.355 e. The lowest BCUT2D eigenvalue weighted by Gasteiger charge is -2.32. The number of hydrogen-bond donors (Lipinski definition) is 1. The van der Waals surface area contributed by atoms with Gasteiger partial charge in [0.15, 0.2) is 5.16 Å². The molecule has 0 saturated carbocycles. The average molecular weight is 273 g/mol. The number of nitrogens with one attached hydrogen (secondary N) is 1. The van der Waals surface area contributed by atoms with Gasteiger partial charge in [-0.15, -0.1) is 0 Å². The van der Waals surface area contributed by atoms with Gasteiger partial charge in [0.05, 0.1) is 0 Å². The average Bonchev–Trinajstić information content (AvgIpc) is 2.38. The summed E-state index contributed by atoms with van der Waals surface area (Å²) < 4.78 is 0. The number of likely N-dealkylation sites (N-methyl/N-ethyl adjacent to an activating group) is 1. The van der Waals surface area contributed by atoms with Gasteiger partial charge in [0.25, 0.3) is 0 Å². The summed E-state index contributed by atoms with van der Waals surface area (Å²) in [5.41, 5.74) is 0. The molecule has 0 radical (unpaired) electrons. The Labute approximate surface area is 111 Å². The SMILES string of the molecule is CSc1nc(Cl)cc(N(C)C2CCCNC2)n1. The molecular formula is C11H17ClN4S.